The van der Waals surface area contributed by atoms with Crippen molar-refractivity contribution < 1.29 is 52.5 Å². The largest absolute Gasteiger partial charge is 0.480 e. The van der Waals surface area contributed by atoms with Gasteiger partial charge in [-0.2, -0.15) is 0 Å². The zero-order valence-electron chi connectivity index (χ0n) is 20.9. The maximum absolute atomic E-state index is 10.7. The van der Waals surface area contributed by atoms with Gasteiger partial charge in [-0.15, -0.1) is 0 Å². The highest BCUT2D eigenvalue weighted by atomic mass is 16.7. The second kappa shape index (κ2) is 25.5. The first-order valence-electron chi connectivity index (χ1n) is 11.4. The lowest BCUT2D eigenvalue weighted by molar-refractivity contribution is -0.145. The molecule has 0 aromatic rings. The summed E-state index contributed by atoms with van der Waals surface area (Å²) in [7, 11) is 1.60. The zero-order valence-corrected chi connectivity index (χ0v) is 20.9. The number of hydrogen-bond donors (Lipinski definition) is 1. The highest BCUT2D eigenvalue weighted by molar-refractivity contribution is 5.67. The molecule has 0 aliphatic carbocycles. The first-order chi connectivity index (χ1) is 17.0. The Bertz CT molecular complexity index is 539. The molecule has 1 unspecified atom stereocenters. The number of methoxy groups -OCH3 is 1. The summed E-state index contributed by atoms with van der Waals surface area (Å²) in [6.45, 7) is 7.19. The lowest BCUT2D eigenvalue weighted by atomic mass is 9.94. The molecule has 0 aliphatic heterocycles. The van der Waals surface area contributed by atoms with Crippen molar-refractivity contribution in [2.45, 2.75) is 6.92 Å². The third-order valence-corrected chi connectivity index (χ3v) is 4.06. The van der Waals surface area contributed by atoms with Crippen LogP contribution in [0.2, 0.25) is 0 Å². The van der Waals surface area contributed by atoms with E-state index in [0.717, 1.165) is 0 Å². The molecule has 0 aromatic carbocycles. The number of carbonyl (C=O) groups is 1. The van der Waals surface area contributed by atoms with Gasteiger partial charge in [0.2, 0.25) is 0 Å². The summed E-state index contributed by atoms with van der Waals surface area (Å²) in [5.74, 6) is -1.04. The van der Waals surface area contributed by atoms with E-state index in [0.29, 0.717) is 85.9 Å². The zero-order chi connectivity index (χ0) is 25.9. The molecule has 0 heterocycles. The molecule has 35 heavy (non-hydrogen) atoms. The Hall–Kier alpha value is -1.58. The molecule has 1 atom stereocenters. The molecule has 1 N–H and O–H groups in total. The van der Waals surface area contributed by atoms with Crippen LogP contribution < -0.4 is 0 Å². The quantitative estimate of drug-likeness (QED) is 0.0525. The van der Waals surface area contributed by atoms with Gasteiger partial charge in [-0.1, -0.05) is 12.0 Å². The van der Waals surface area contributed by atoms with Crippen molar-refractivity contribution in [1.29, 1.82) is 0 Å². The van der Waals surface area contributed by atoms with E-state index in [4.69, 9.17) is 53.3 Å². The van der Waals surface area contributed by atoms with Gasteiger partial charge in [0.05, 0.1) is 92.5 Å². The minimum atomic E-state index is -1.04. The van der Waals surface area contributed by atoms with Crippen LogP contribution in [0.15, 0.2) is 5.11 Å². The first kappa shape index (κ1) is 33.4. The van der Waals surface area contributed by atoms with E-state index >= 15 is 0 Å². The van der Waals surface area contributed by atoms with Crippen molar-refractivity contribution in [1.82, 2.24) is 0 Å². The number of carboxylic acid groups (broad SMARTS) is 1. The number of azide groups is 1. The summed E-state index contributed by atoms with van der Waals surface area (Å²) in [4.78, 5) is 13.4. The Morgan fingerprint density at radius 2 is 1.20 bits per heavy atom. The molecule has 0 amide bonds. The van der Waals surface area contributed by atoms with Gasteiger partial charge in [-0.25, -0.2) is 4.79 Å². The first-order valence-corrected chi connectivity index (χ1v) is 11.4. The molecule has 0 aromatic heterocycles. The molecule has 14 heteroatoms. The molecule has 0 spiro atoms. The van der Waals surface area contributed by atoms with Gasteiger partial charge in [0.25, 0.3) is 0 Å². The lowest BCUT2D eigenvalue weighted by Crippen LogP contribution is -2.36. The van der Waals surface area contributed by atoms with Crippen molar-refractivity contribution in [3.05, 3.63) is 10.4 Å². The normalized spacial score (nSPS) is 12.9. The van der Waals surface area contributed by atoms with Gasteiger partial charge in [-0.05, 0) is 5.53 Å². The van der Waals surface area contributed by atoms with Gasteiger partial charge < -0.3 is 47.7 Å². The van der Waals surface area contributed by atoms with Crippen molar-refractivity contribution in [2.24, 2.45) is 10.5 Å². The summed E-state index contributed by atoms with van der Waals surface area (Å²) in [5, 5.41) is 12.2. The topological polar surface area (TPSA) is 169 Å². The molecule has 0 bridgehead atoms. The van der Waals surface area contributed by atoms with Crippen LogP contribution in [0, 0.1) is 5.41 Å². The fraction of sp³-hybridized carbons (Fsp3) is 0.952. The van der Waals surface area contributed by atoms with Gasteiger partial charge >= 0.3 is 5.97 Å². The highest BCUT2D eigenvalue weighted by Gasteiger charge is 2.26. The van der Waals surface area contributed by atoms with Crippen LogP contribution in [0.5, 0.6) is 0 Å². The SMILES string of the molecule is COCCOCOCCOCCOCC(C)(COCCOCCOCCN=[N+]=[N-])COCC(=O)O. The van der Waals surface area contributed by atoms with Crippen molar-refractivity contribution in [3.8, 4) is 0 Å². The standard InChI is InChI=1S/C21H41N3O11/c1-21(18-35-15-20(25)26,16-31-12-9-29-8-7-28-4-3-23-24-22)17-32-13-10-30-11-14-34-19-33-6-5-27-2/h3-19H2,1-2H3,(H,25,26). The number of rotatable bonds is 28. The van der Waals surface area contributed by atoms with E-state index < -0.39 is 18.0 Å². The minimum absolute atomic E-state index is 0.164. The van der Waals surface area contributed by atoms with Crippen molar-refractivity contribution in [2.75, 3.05) is 120 Å². The van der Waals surface area contributed by atoms with E-state index in [1.807, 2.05) is 6.92 Å². The number of ether oxygens (including phenoxy) is 9. The lowest BCUT2D eigenvalue weighted by Gasteiger charge is -2.28. The van der Waals surface area contributed by atoms with E-state index in [1.165, 1.54) is 0 Å². The number of aliphatic carboxylic acids is 1. The molecular formula is C21H41N3O11. The highest BCUT2D eigenvalue weighted by Crippen LogP contribution is 2.18. The molecule has 0 fully saturated rings. The van der Waals surface area contributed by atoms with Gasteiger partial charge in [-0.3, -0.25) is 0 Å². The van der Waals surface area contributed by atoms with E-state index in [9.17, 15) is 4.79 Å². The molecule has 0 saturated carbocycles. The molecule has 0 radical (unpaired) electrons. The number of hydrogen-bond acceptors (Lipinski definition) is 11. The Morgan fingerprint density at radius 1 is 0.743 bits per heavy atom. The maximum Gasteiger partial charge on any atom is 0.329 e. The monoisotopic (exact) mass is 511 g/mol. The molecular weight excluding hydrogens is 470 g/mol. The van der Waals surface area contributed by atoms with Crippen LogP contribution >= 0.6 is 0 Å². The van der Waals surface area contributed by atoms with E-state index in [1.54, 1.807) is 7.11 Å². The third kappa shape index (κ3) is 25.3. The Labute approximate surface area is 206 Å². The van der Waals surface area contributed by atoms with Crippen molar-refractivity contribution in [3.63, 3.8) is 0 Å². The van der Waals surface area contributed by atoms with E-state index in [-0.39, 0.29) is 19.9 Å². The smallest absolute Gasteiger partial charge is 0.329 e. The predicted octanol–water partition coefficient (Wildman–Crippen LogP) is 1.12. The molecule has 0 saturated heterocycles. The summed E-state index contributed by atoms with van der Waals surface area (Å²) >= 11 is 0. The van der Waals surface area contributed by atoms with Gasteiger partial charge in [0, 0.05) is 24.0 Å². The van der Waals surface area contributed by atoms with Crippen LogP contribution in [0.3, 0.4) is 0 Å². The fourth-order valence-electron chi connectivity index (χ4n) is 2.39. The van der Waals surface area contributed by atoms with Crippen LogP contribution in [-0.2, 0) is 47.4 Å². The summed E-state index contributed by atoms with van der Waals surface area (Å²) in [5.41, 5.74) is 7.62. The van der Waals surface area contributed by atoms with Crippen LogP contribution in [0.1, 0.15) is 6.92 Å². The van der Waals surface area contributed by atoms with Gasteiger partial charge in [0.15, 0.2) is 0 Å². The molecule has 0 aliphatic rings. The Balaban J connectivity index is 3.90. The summed E-state index contributed by atoms with van der Waals surface area (Å²) in [6, 6.07) is 0. The maximum atomic E-state index is 10.7. The number of nitrogens with zero attached hydrogens (tertiary/aromatic N) is 3. The average Bonchev–Trinajstić information content (AvgIpc) is 2.83. The van der Waals surface area contributed by atoms with E-state index in [2.05, 4.69) is 10.0 Å². The molecule has 14 nitrogen and oxygen atoms in total. The van der Waals surface area contributed by atoms with Crippen LogP contribution in [0.4, 0.5) is 0 Å². The summed E-state index contributed by atoms with van der Waals surface area (Å²) in [6.07, 6.45) is 0. The number of carboxylic acids is 1. The van der Waals surface area contributed by atoms with Crippen molar-refractivity contribution >= 4 is 5.97 Å². The molecule has 0 rings (SSSR count). The fourth-order valence-corrected chi connectivity index (χ4v) is 2.39. The Kier molecular flexibility index (Phi) is 24.4. The minimum Gasteiger partial charge on any atom is -0.480 e. The Morgan fingerprint density at radius 3 is 1.71 bits per heavy atom. The average molecular weight is 512 g/mol. The van der Waals surface area contributed by atoms with Crippen LogP contribution in [0.25, 0.3) is 10.4 Å². The van der Waals surface area contributed by atoms with Crippen LogP contribution in [-0.4, -0.2) is 131 Å². The second-order valence-electron chi connectivity index (χ2n) is 7.52. The predicted molar refractivity (Wildman–Crippen MR) is 123 cm³/mol. The second-order valence-corrected chi connectivity index (χ2v) is 7.52. The summed E-state index contributed by atoms with van der Waals surface area (Å²) < 4.78 is 48.0. The third-order valence-electron chi connectivity index (χ3n) is 4.06. The molecule has 206 valence electrons. The van der Waals surface area contributed by atoms with Gasteiger partial charge in [0.1, 0.15) is 13.4 Å².